The number of anilines is 1. The van der Waals surface area contributed by atoms with Crippen molar-refractivity contribution in [2.45, 2.75) is 11.3 Å². The SMILES string of the molecule is CN(C)C(=O)c1cccc(NS(=O)(=O)c2ccc3c(c2)CCO3)n1. The fourth-order valence-electron chi connectivity index (χ4n) is 2.37. The maximum Gasteiger partial charge on any atom is 0.272 e. The number of hydrogen-bond donors (Lipinski definition) is 1. The minimum Gasteiger partial charge on any atom is -0.493 e. The summed E-state index contributed by atoms with van der Waals surface area (Å²) in [5.74, 6) is 0.510. The van der Waals surface area contributed by atoms with Gasteiger partial charge in [-0.05, 0) is 35.9 Å². The van der Waals surface area contributed by atoms with Crippen molar-refractivity contribution in [1.82, 2.24) is 9.88 Å². The van der Waals surface area contributed by atoms with E-state index in [1.54, 1.807) is 32.3 Å². The molecule has 0 fully saturated rings. The molecule has 0 bridgehead atoms. The number of carbonyl (C=O) groups excluding carboxylic acids is 1. The Morgan fingerprint density at radius 2 is 2.04 bits per heavy atom. The third-order valence-electron chi connectivity index (χ3n) is 3.58. The van der Waals surface area contributed by atoms with E-state index in [0.29, 0.717) is 18.8 Å². The molecule has 2 heterocycles. The molecule has 1 aliphatic rings. The van der Waals surface area contributed by atoms with Crippen molar-refractivity contribution >= 4 is 21.7 Å². The first-order valence-electron chi connectivity index (χ1n) is 7.34. The van der Waals surface area contributed by atoms with Gasteiger partial charge in [-0.2, -0.15) is 0 Å². The largest absolute Gasteiger partial charge is 0.493 e. The third kappa shape index (κ3) is 3.18. The van der Waals surface area contributed by atoms with Gasteiger partial charge in [0.2, 0.25) is 0 Å². The average Bonchev–Trinajstić information content (AvgIpc) is 3.01. The van der Waals surface area contributed by atoms with E-state index in [-0.39, 0.29) is 22.3 Å². The summed E-state index contributed by atoms with van der Waals surface area (Å²) in [6, 6.07) is 9.35. The van der Waals surface area contributed by atoms with Crippen LogP contribution < -0.4 is 9.46 Å². The second-order valence-electron chi connectivity index (χ2n) is 5.58. The van der Waals surface area contributed by atoms with Crippen LogP contribution in [0.3, 0.4) is 0 Å². The highest BCUT2D eigenvalue weighted by Gasteiger charge is 2.20. The maximum atomic E-state index is 12.5. The number of aromatic nitrogens is 1. The summed E-state index contributed by atoms with van der Waals surface area (Å²) in [7, 11) is -0.581. The number of hydrogen-bond acceptors (Lipinski definition) is 5. The lowest BCUT2D eigenvalue weighted by molar-refractivity contribution is 0.0822. The van der Waals surface area contributed by atoms with E-state index in [1.807, 2.05) is 0 Å². The number of fused-ring (bicyclic) bond motifs is 1. The average molecular weight is 347 g/mol. The Balaban J connectivity index is 1.87. The summed E-state index contributed by atoms with van der Waals surface area (Å²) in [5.41, 5.74) is 1.03. The molecule has 3 rings (SSSR count). The quantitative estimate of drug-likeness (QED) is 0.906. The molecule has 0 spiro atoms. The standard InChI is InChI=1S/C16H17N3O4S/c1-19(2)16(20)13-4-3-5-15(17-13)18-24(21,22)12-6-7-14-11(10-12)8-9-23-14/h3-7,10H,8-9H2,1-2H3,(H,17,18). The first kappa shape index (κ1) is 16.3. The molecule has 1 N–H and O–H groups in total. The Morgan fingerprint density at radius 3 is 2.79 bits per heavy atom. The summed E-state index contributed by atoms with van der Waals surface area (Å²) in [5, 5.41) is 0. The van der Waals surface area contributed by atoms with Gasteiger partial charge in [0, 0.05) is 20.5 Å². The monoisotopic (exact) mass is 347 g/mol. The third-order valence-corrected chi connectivity index (χ3v) is 4.94. The van der Waals surface area contributed by atoms with E-state index in [1.165, 1.54) is 23.1 Å². The number of ether oxygens (including phenoxy) is 1. The van der Waals surface area contributed by atoms with Crippen LogP contribution in [0.15, 0.2) is 41.3 Å². The molecule has 0 radical (unpaired) electrons. The van der Waals surface area contributed by atoms with Gasteiger partial charge >= 0.3 is 0 Å². The molecule has 0 saturated heterocycles. The van der Waals surface area contributed by atoms with Gasteiger partial charge in [0.15, 0.2) is 0 Å². The fraction of sp³-hybridized carbons (Fsp3) is 0.250. The van der Waals surface area contributed by atoms with Crippen molar-refractivity contribution in [3.63, 3.8) is 0 Å². The number of carbonyl (C=O) groups is 1. The number of benzene rings is 1. The zero-order valence-corrected chi connectivity index (χ0v) is 14.1. The number of amides is 1. The van der Waals surface area contributed by atoms with Crippen LogP contribution in [0.1, 0.15) is 16.1 Å². The van der Waals surface area contributed by atoms with Gasteiger partial charge in [-0.3, -0.25) is 9.52 Å². The molecule has 1 aliphatic heterocycles. The summed E-state index contributed by atoms with van der Waals surface area (Å²) in [6.07, 6.45) is 0.684. The molecule has 0 unspecified atom stereocenters. The number of nitrogens with one attached hydrogen (secondary N) is 1. The Kier molecular flexibility index (Phi) is 4.15. The van der Waals surface area contributed by atoms with Crippen LogP contribution in [0.5, 0.6) is 5.75 Å². The Bertz CT molecular complexity index is 894. The van der Waals surface area contributed by atoms with Crippen LogP contribution in [0.4, 0.5) is 5.82 Å². The number of pyridine rings is 1. The van der Waals surface area contributed by atoms with Crippen molar-refractivity contribution in [3.05, 3.63) is 47.7 Å². The molecule has 0 atom stereocenters. The van der Waals surface area contributed by atoms with Gasteiger partial charge < -0.3 is 9.64 Å². The highest BCUT2D eigenvalue weighted by Crippen LogP contribution is 2.28. The number of nitrogens with zero attached hydrogens (tertiary/aromatic N) is 2. The molecule has 1 aromatic carbocycles. The van der Waals surface area contributed by atoms with Crippen molar-refractivity contribution in [2.75, 3.05) is 25.4 Å². The number of sulfonamides is 1. The summed E-state index contributed by atoms with van der Waals surface area (Å²) < 4.78 is 32.8. The molecule has 8 heteroatoms. The lowest BCUT2D eigenvalue weighted by atomic mass is 10.2. The Morgan fingerprint density at radius 1 is 1.25 bits per heavy atom. The lowest BCUT2D eigenvalue weighted by Gasteiger charge is -2.12. The molecule has 24 heavy (non-hydrogen) atoms. The first-order chi connectivity index (χ1) is 11.4. The maximum absolute atomic E-state index is 12.5. The van der Waals surface area contributed by atoms with Crippen LogP contribution in [0.2, 0.25) is 0 Å². The smallest absolute Gasteiger partial charge is 0.272 e. The fourth-order valence-corrected chi connectivity index (χ4v) is 3.42. The van der Waals surface area contributed by atoms with E-state index in [4.69, 9.17) is 4.74 Å². The van der Waals surface area contributed by atoms with Crippen molar-refractivity contribution in [1.29, 1.82) is 0 Å². The number of rotatable bonds is 4. The van der Waals surface area contributed by atoms with Crippen molar-refractivity contribution < 1.29 is 17.9 Å². The summed E-state index contributed by atoms with van der Waals surface area (Å²) in [4.78, 5) is 17.5. The van der Waals surface area contributed by atoms with Crippen LogP contribution >= 0.6 is 0 Å². The molecule has 126 valence electrons. The minimum atomic E-state index is -3.79. The molecular weight excluding hydrogens is 330 g/mol. The zero-order valence-electron chi connectivity index (χ0n) is 13.3. The molecule has 1 amide bonds. The van der Waals surface area contributed by atoms with Crippen molar-refractivity contribution in [3.8, 4) is 5.75 Å². The zero-order chi connectivity index (χ0) is 17.3. The minimum absolute atomic E-state index is 0.0967. The van der Waals surface area contributed by atoms with E-state index >= 15 is 0 Å². The highest BCUT2D eigenvalue weighted by atomic mass is 32.2. The summed E-state index contributed by atoms with van der Waals surface area (Å²) >= 11 is 0. The normalized spacial score (nSPS) is 13.1. The van der Waals surface area contributed by atoms with Gasteiger partial charge in [-0.15, -0.1) is 0 Å². The van der Waals surface area contributed by atoms with Crippen LogP contribution in [0, 0.1) is 0 Å². The molecule has 0 saturated carbocycles. The summed E-state index contributed by atoms with van der Waals surface area (Å²) in [6.45, 7) is 0.558. The molecule has 1 aromatic heterocycles. The predicted octanol–water partition coefficient (Wildman–Crippen LogP) is 1.52. The second-order valence-corrected chi connectivity index (χ2v) is 7.26. The van der Waals surface area contributed by atoms with E-state index in [9.17, 15) is 13.2 Å². The van der Waals surface area contributed by atoms with Gasteiger partial charge in [-0.1, -0.05) is 6.07 Å². The predicted molar refractivity (Wildman–Crippen MR) is 88.7 cm³/mol. The Hall–Kier alpha value is -2.61. The lowest BCUT2D eigenvalue weighted by Crippen LogP contribution is -2.23. The molecular formula is C16H17N3O4S. The molecule has 7 nitrogen and oxygen atoms in total. The van der Waals surface area contributed by atoms with Crippen LogP contribution in [-0.4, -0.2) is 44.9 Å². The second kappa shape index (κ2) is 6.12. The highest BCUT2D eigenvalue weighted by molar-refractivity contribution is 7.92. The molecule has 0 aliphatic carbocycles. The van der Waals surface area contributed by atoms with Gasteiger partial charge in [0.25, 0.3) is 15.9 Å². The van der Waals surface area contributed by atoms with Gasteiger partial charge in [-0.25, -0.2) is 13.4 Å². The first-order valence-corrected chi connectivity index (χ1v) is 8.82. The molecule has 2 aromatic rings. The Labute approximate surface area is 140 Å². The van der Waals surface area contributed by atoms with Gasteiger partial charge in [0.1, 0.15) is 17.3 Å². The van der Waals surface area contributed by atoms with Gasteiger partial charge in [0.05, 0.1) is 11.5 Å². The van der Waals surface area contributed by atoms with Crippen LogP contribution in [0.25, 0.3) is 0 Å². The topological polar surface area (TPSA) is 88.6 Å². The van der Waals surface area contributed by atoms with Crippen LogP contribution in [-0.2, 0) is 16.4 Å². The van der Waals surface area contributed by atoms with E-state index in [0.717, 1.165) is 5.56 Å². The van der Waals surface area contributed by atoms with Crippen molar-refractivity contribution in [2.24, 2.45) is 0 Å². The van der Waals surface area contributed by atoms with E-state index < -0.39 is 10.0 Å². The van der Waals surface area contributed by atoms with E-state index in [2.05, 4.69) is 9.71 Å².